The summed E-state index contributed by atoms with van der Waals surface area (Å²) in [7, 11) is 0. The van der Waals surface area contributed by atoms with Gasteiger partial charge in [-0.2, -0.15) is 10.5 Å². The van der Waals surface area contributed by atoms with Crippen molar-refractivity contribution in [1.29, 1.82) is 10.5 Å². The Bertz CT molecular complexity index is 1340. The summed E-state index contributed by atoms with van der Waals surface area (Å²) in [6, 6.07) is 28.1. The largest absolute Gasteiger partial charge is 0.444 e. The standard InChI is InChI=1S/C32H33N3O3/c1-31(2,3)38-30(36)35-16-14-32(15-17-35,28-12-8-5-9-13-28)23-37-22-27-19-25(24-10-6-4-7-11-24)18-26(20-33)29(27)21-34/h4-13,18-19H,14-17,22-23H2,1-3H3. The van der Waals surface area contributed by atoms with E-state index in [4.69, 9.17) is 9.47 Å². The summed E-state index contributed by atoms with van der Waals surface area (Å²) in [6.07, 6.45) is 1.17. The molecule has 0 aromatic heterocycles. The maximum Gasteiger partial charge on any atom is 0.410 e. The van der Waals surface area contributed by atoms with Gasteiger partial charge < -0.3 is 14.4 Å². The molecule has 1 aliphatic rings. The van der Waals surface area contributed by atoms with Crippen LogP contribution in [-0.2, 0) is 21.5 Å². The molecule has 38 heavy (non-hydrogen) atoms. The van der Waals surface area contributed by atoms with Crippen LogP contribution in [0.15, 0.2) is 72.8 Å². The van der Waals surface area contributed by atoms with Gasteiger partial charge in [-0.15, -0.1) is 0 Å². The van der Waals surface area contributed by atoms with Crippen molar-refractivity contribution in [3.63, 3.8) is 0 Å². The molecule has 1 amide bonds. The van der Waals surface area contributed by atoms with E-state index in [-0.39, 0.29) is 18.1 Å². The van der Waals surface area contributed by atoms with Gasteiger partial charge in [0.15, 0.2) is 0 Å². The maximum atomic E-state index is 12.7. The molecule has 1 heterocycles. The van der Waals surface area contributed by atoms with Crippen LogP contribution < -0.4 is 0 Å². The summed E-state index contributed by atoms with van der Waals surface area (Å²) in [4.78, 5) is 14.4. The first-order chi connectivity index (χ1) is 18.2. The number of hydrogen-bond acceptors (Lipinski definition) is 5. The van der Waals surface area contributed by atoms with Crippen LogP contribution in [0.1, 0.15) is 55.9 Å². The van der Waals surface area contributed by atoms with Crippen LogP contribution in [-0.4, -0.2) is 36.3 Å². The maximum absolute atomic E-state index is 12.7. The fourth-order valence-electron chi connectivity index (χ4n) is 4.94. The van der Waals surface area contributed by atoms with E-state index in [0.717, 1.165) is 24.0 Å². The Hall–Kier alpha value is -4.13. The molecule has 0 radical (unpaired) electrons. The number of hydrogen-bond donors (Lipinski definition) is 0. The molecule has 0 aliphatic carbocycles. The van der Waals surface area contributed by atoms with Gasteiger partial charge in [0, 0.05) is 18.5 Å². The Balaban J connectivity index is 1.54. The second-order valence-corrected chi connectivity index (χ2v) is 10.8. The number of benzene rings is 3. The highest BCUT2D eigenvalue weighted by molar-refractivity contribution is 5.69. The molecule has 1 aliphatic heterocycles. The lowest BCUT2D eigenvalue weighted by atomic mass is 9.73. The van der Waals surface area contributed by atoms with E-state index in [9.17, 15) is 15.3 Å². The Morgan fingerprint density at radius 3 is 2.13 bits per heavy atom. The first-order valence-electron chi connectivity index (χ1n) is 12.9. The van der Waals surface area contributed by atoms with E-state index in [1.165, 1.54) is 5.56 Å². The minimum absolute atomic E-state index is 0.211. The topological polar surface area (TPSA) is 86.3 Å². The molecule has 3 aromatic rings. The van der Waals surface area contributed by atoms with Gasteiger partial charge in [0.05, 0.1) is 24.3 Å². The van der Waals surface area contributed by atoms with Crippen LogP contribution in [0.3, 0.4) is 0 Å². The molecule has 0 unspecified atom stereocenters. The molecule has 4 rings (SSSR count). The number of nitrogens with zero attached hydrogens (tertiary/aromatic N) is 3. The fraction of sp³-hybridized carbons (Fsp3) is 0.344. The van der Waals surface area contributed by atoms with Gasteiger partial charge in [0.2, 0.25) is 0 Å². The lowest BCUT2D eigenvalue weighted by molar-refractivity contribution is 0.00332. The molecule has 0 saturated carbocycles. The van der Waals surface area contributed by atoms with Crippen molar-refractivity contribution in [2.24, 2.45) is 0 Å². The zero-order valence-electron chi connectivity index (χ0n) is 22.2. The van der Waals surface area contributed by atoms with Crippen molar-refractivity contribution in [2.75, 3.05) is 19.7 Å². The van der Waals surface area contributed by atoms with Crippen molar-refractivity contribution in [3.8, 4) is 23.3 Å². The van der Waals surface area contributed by atoms with Crippen molar-refractivity contribution >= 4 is 6.09 Å². The number of carbonyl (C=O) groups is 1. The summed E-state index contributed by atoms with van der Waals surface area (Å²) in [5.41, 5.74) is 3.59. The number of nitriles is 2. The van der Waals surface area contributed by atoms with Crippen molar-refractivity contribution in [1.82, 2.24) is 4.90 Å². The van der Waals surface area contributed by atoms with E-state index >= 15 is 0 Å². The molecule has 0 N–H and O–H groups in total. The molecule has 6 heteroatoms. The summed E-state index contributed by atoms with van der Waals surface area (Å²) in [5, 5.41) is 19.5. The summed E-state index contributed by atoms with van der Waals surface area (Å²) in [5.74, 6) is 0. The smallest absolute Gasteiger partial charge is 0.410 e. The Morgan fingerprint density at radius 1 is 0.921 bits per heavy atom. The van der Waals surface area contributed by atoms with Gasteiger partial charge in [0.25, 0.3) is 0 Å². The van der Waals surface area contributed by atoms with E-state index in [1.807, 2.05) is 75.4 Å². The van der Waals surface area contributed by atoms with E-state index in [0.29, 0.717) is 36.4 Å². The highest BCUT2D eigenvalue weighted by Gasteiger charge is 2.38. The van der Waals surface area contributed by atoms with Crippen molar-refractivity contribution in [3.05, 3.63) is 95.1 Å². The molecule has 194 valence electrons. The lowest BCUT2D eigenvalue weighted by Crippen LogP contribution is -2.48. The normalized spacial score (nSPS) is 14.8. The molecule has 6 nitrogen and oxygen atoms in total. The average Bonchev–Trinajstić information content (AvgIpc) is 2.93. The van der Waals surface area contributed by atoms with Crippen LogP contribution in [0, 0.1) is 22.7 Å². The molecular weight excluding hydrogens is 474 g/mol. The number of amides is 1. The summed E-state index contributed by atoms with van der Waals surface area (Å²) < 4.78 is 11.9. The zero-order chi connectivity index (χ0) is 27.2. The molecule has 0 spiro atoms. The minimum Gasteiger partial charge on any atom is -0.444 e. The second kappa shape index (κ2) is 11.5. The van der Waals surface area contributed by atoms with Gasteiger partial charge in [0.1, 0.15) is 17.7 Å². The van der Waals surface area contributed by atoms with E-state index in [2.05, 4.69) is 24.3 Å². The van der Waals surface area contributed by atoms with Crippen molar-refractivity contribution < 1.29 is 14.3 Å². The van der Waals surface area contributed by atoms with Gasteiger partial charge in [-0.3, -0.25) is 0 Å². The zero-order valence-corrected chi connectivity index (χ0v) is 22.2. The predicted molar refractivity (Wildman–Crippen MR) is 146 cm³/mol. The Labute approximate surface area is 225 Å². The molecule has 0 bridgehead atoms. The average molecular weight is 508 g/mol. The third-order valence-corrected chi connectivity index (χ3v) is 6.95. The number of ether oxygens (including phenoxy) is 2. The van der Waals surface area contributed by atoms with Gasteiger partial charge in [-0.05, 0) is 68.0 Å². The number of likely N-dealkylation sites (tertiary alicyclic amines) is 1. The highest BCUT2D eigenvalue weighted by Crippen LogP contribution is 2.37. The monoisotopic (exact) mass is 507 g/mol. The number of piperidine rings is 1. The molecular formula is C32H33N3O3. The van der Waals surface area contributed by atoms with Crippen LogP contribution >= 0.6 is 0 Å². The van der Waals surface area contributed by atoms with E-state index < -0.39 is 5.60 Å². The SMILES string of the molecule is CC(C)(C)OC(=O)N1CCC(COCc2cc(-c3ccccc3)cc(C#N)c2C#N)(c2ccccc2)CC1. The fourth-order valence-corrected chi connectivity index (χ4v) is 4.94. The Morgan fingerprint density at radius 2 is 1.55 bits per heavy atom. The first kappa shape index (κ1) is 26.9. The van der Waals surface area contributed by atoms with Crippen LogP contribution in [0.4, 0.5) is 4.79 Å². The number of rotatable bonds is 6. The molecule has 1 saturated heterocycles. The van der Waals surface area contributed by atoms with Crippen LogP contribution in [0.5, 0.6) is 0 Å². The third kappa shape index (κ3) is 6.22. The summed E-state index contributed by atoms with van der Waals surface area (Å²) in [6.45, 7) is 7.40. The van der Waals surface area contributed by atoms with Gasteiger partial charge in [-0.25, -0.2) is 4.79 Å². The third-order valence-electron chi connectivity index (χ3n) is 6.95. The molecule has 0 atom stereocenters. The molecule has 3 aromatic carbocycles. The van der Waals surface area contributed by atoms with Gasteiger partial charge in [-0.1, -0.05) is 60.7 Å². The summed E-state index contributed by atoms with van der Waals surface area (Å²) >= 11 is 0. The second-order valence-electron chi connectivity index (χ2n) is 10.8. The lowest BCUT2D eigenvalue weighted by Gasteiger charge is -2.42. The first-order valence-corrected chi connectivity index (χ1v) is 12.9. The molecule has 1 fully saturated rings. The van der Waals surface area contributed by atoms with Crippen molar-refractivity contribution in [2.45, 2.75) is 51.2 Å². The van der Waals surface area contributed by atoms with Crippen LogP contribution in [0.2, 0.25) is 0 Å². The number of carbonyl (C=O) groups excluding carboxylic acids is 1. The quantitative estimate of drug-likeness (QED) is 0.376. The predicted octanol–water partition coefficient (Wildman–Crippen LogP) is 6.58. The Kier molecular flexibility index (Phi) is 8.15. The van der Waals surface area contributed by atoms with E-state index in [1.54, 1.807) is 11.0 Å². The van der Waals surface area contributed by atoms with Crippen LogP contribution in [0.25, 0.3) is 11.1 Å². The highest BCUT2D eigenvalue weighted by atomic mass is 16.6. The van der Waals surface area contributed by atoms with Gasteiger partial charge >= 0.3 is 6.09 Å². The minimum atomic E-state index is -0.539.